The SMILES string of the molecule is C=C(CCl)COc1ccc(Cc2ccccc2)cc1. The lowest BCUT2D eigenvalue weighted by Crippen LogP contribution is -2.01. The summed E-state index contributed by atoms with van der Waals surface area (Å²) < 4.78 is 5.58. The lowest BCUT2D eigenvalue weighted by Gasteiger charge is -2.07. The van der Waals surface area contributed by atoms with Crippen LogP contribution in [0.2, 0.25) is 0 Å². The first kappa shape index (κ1) is 13.7. The van der Waals surface area contributed by atoms with Gasteiger partial charge in [0.15, 0.2) is 0 Å². The van der Waals surface area contributed by atoms with Crippen LogP contribution < -0.4 is 4.74 Å². The van der Waals surface area contributed by atoms with Gasteiger partial charge < -0.3 is 4.74 Å². The molecule has 2 heteroatoms. The number of ether oxygens (including phenoxy) is 1. The molecule has 98 valence electrons. The van der Waals surface area contributed by atoms with Crippen molar-refractivity contribution in [2.75, 3.05) is 12.5 Å². The molecule has 0 saturated carbocycles. The zero-order valence-electron chi connectivity index (χ0n) is 10.8. The van der Waals surface area contributed by atoms with E-state index in [0.717, 1.165) is 17.7 Å². The highest BCUT2D eigenvalue weighted by atomic mass is 35.5. The Bertz CT molecular complexity index is 517. The maximum Gasteiger partial charge on any atom is 0.119 e. The van der Waals surface area contributed by atoms with E-state index in [1.807, 2.05) is 18.2 Å². The van der Waals surface area contributed by atoms with E-state index in [2.05, 4.69) is 43.0 Å². The number of halogens is 1. The Morgan fingerprint density at radius 2 is 1.58 bits per heavy atom. The largest absolute Gasteiger partial charge is 0.489 e. The third kappa shape index (κ3) is 4.46. The van der Waals surface area contributed by atoms with Gasteiger partial charge in [-0.15, -0.1) is 11.6 Å². The third-order valence-corrected chi connectivity index (χ3v) is 3.18. The van der Waals surface area contributed by atoms with Gasteiger partial charge in [0.1, 0.15) is 12.4 Å². The van der Waals surface area contributed by atoms with E-state index >= 15 is 0 Å². The second-order valence-corrected chi connectivity index (χ2v) is 4.75. The number of benzene rings is 2. The van der Waals surface area contributed by atoms with Crippen molar-refractivity contribution in [1.82, 2.24) is 0 Å². The fourth-order valence-electron chi connectivity index (χ4n) is 1.76. The number of rotatable bonds is 6. The molecule has 0 aromatic heterocycles. The quantitative estimate of drug-likeness (QED) is 0.558. The van der Waals surface area contributed by atoms with E-state index in [1.54, 1.807) is 0 Å². The van der Waals surface area contributed by atoms with Gasteiger partial charge in [-0.2, -0.15) is 0 Å². The van der Waals surface area contributed by atoms with E-state index in [0.29, 0.717) is 12.5 Å². The minimum Gasteiger partial charge on any atom is -0.489 e. The summed E-state index contributed by atoms with van der Waals surface area (Å²) in [6, 6.07) is 18.6. The van der Waals surface area contributed by atoms with Crippen LogP contribution >= 0.6 is 11.6 Å². The minimum absolute atomic E-state index is 0.437. The van der Waals surface area contributed by atoms with Crippen molar-refractivity contribution >= 4 is 11.6 Å². The van der Waals surface area contributed by atoms with E-state index in [4.69, 9.17) is 16.3 Å². The normalized spacial score (nSPS) is 10.2. The van der Waals surface area contributed by atoms with Gasteiger partial charge in [0.25, 0.3) is 0 Å². The predicted octanol–water partition coefficient (Wildman–Crippen LogP) is 4.45. The summed E-state index contributed by atoms with van der Waals surface area (Å²) in [6.07, 6.45) is 0.940. The van der Waals surface area contributed by atoms with Gasteiger partial charge in [-0.05, 0) is 35.3 Å². The highest BCUT2D eigenvalue weighted by molar-refractivity contribution is 6.19. The zero-order chi connectivity index (χ0) is 13.5. The molecular weight excluding hydrogens is 256 g/mol. The molecule has 0 saturated heterocycles. The Labute approximate surface area is 119 Å². The van der Waals surface area contributed by atoms with E-state index in [1.165, 1.54) is 11.1 Å². The van der Waals surface area contributed by atoms with Crippen molar-refractivity contribution < 1.29 is 4.74 Å². The van der Waals surface area contributed by atoms with E-state index in [-0.39, 0.29) is 0 Å². The maximum atomic E-state index is 5.65. The van der Waals surface area contributed by atoms with Crippen molar-refractivity contribution in [3.8, 4) is 5.75 Å². The van der Waals surface area contributed by atoms with Gasteiger partial charge in [0, 0.05) is 5.88 Å². The summed E-state index contributed by atoms with van der Waals surface area (Å²) >= 11 is 5.65. The van der Waals surface area contributed by atoms with Gasteiger partial charge in [0.2, 0.25) is 0 Å². The number of hydrogen-bond acceptors (Lipinski definition) is 1. The summed E-state index contributed by atoms with van der Waals surface area (Å²) in [7, 11) is 0. The molecule has 0 radical (unpaired) electrons. The van der Waals surface area contributed by atoms with Crippen LogP contribution in [-0.4, -0.2) is 12.5 Å². The van der Waals surface area contributed by atoms with Crippen LogP contribution in [0.15, 0.2) is 66.7 Å². The van der Waals surface area contributed by atoms with Crippen molar-refractivity contribution in [2.24, 2.45) is 0 Å². The van der Waals surface area contributed by atoms with Crippen LogP contribution in [-0.2, 0) is 6.42 Å². The Morgan fingerprint density at radius 3 is 2.21 bits per heavy atom. The molecule has 2 aromatic carbocycles. The topological polar surface area (TPSA) is 9.23 Å². The first-order valence-corrected chi connectivity index (χ1v) is 6.79. The predicted molar refractivity (Wildman–Crippen MR) is 81.0 cm³/mol. The second-order valence-electron chi connectivity index (χ2n) is 4.48. The fourth-order valence-corrected chi connectivity index (χ4v) is 1.84. The van der Waals surface area contributed by atoms with Crippen molar-refractivity contribution in [2.45, 2.75) is 6.42 Å². The molecule has 2 rings (SSSR count). The molecule has 0 aliphatic heterocycles. The van der Waals surface area contributed by atoms with Crippen LogP contribution in [0.3, 0.4) is 0 Å². The highest BCUT2D eigenvalue weighted by Crippen LogP contribution is 2.15. The lowest BCUT2D eigenvalue weighted by atomic mass is 10.1. The Balaban J connectivity index is 1.93. The molecule has 0 aliphatic rings. The van der Waals surface area contributed by atoms with E-state index < -0.39 is 0 Å². The first-order valence-electron chi connectivity index (χ1n) is 6.26. The molecular formula is C17H17ClO. The molecule has 19 heavy (non-hydrogen) atoms. The first-order chi connectivity index (χ1) is 9.28. The summed E-state index contributed by atoms with van der Waals surface area (Å²) in [5.74, 6) is 1.29. The molecule has 0 spiro atoms. The summed E-state index contributed by atoms with van der Waals surface area (Å²) in [4.78, 5) is 0. The maximum absolute atomic E-state index is 5.65. The number of alkyl halides is 1. The molecule has 0 atom stereocenters. The third-order valence-electron chi connectivity index (χ3n) is 2.81. The Morgan fingerprint density at radius 1 is 0.947 bits per heavy atom. The molecule has 0 fully saturated rings. The molecule has 0 unspecified atom stereocenters. The van der Waals surface area contributed by atoms with Crippen LogP contribution in [0.1, 0.15) is 11.1 Å². The van der Waals surface area contributed by atoms with Crippen molar-refractivity contribution in [3.63, 3.8) is 0 Å². The zero-order valence-corrected chi connectivity index (χ0v) is 11.6. The average molecular weight is 273 g/mol. The van der Waals surface area contributed by atoms with Gasteiger partial charge in [-0.3, -0.25) is 0 Å². The van der Waals surface area contributed by atoms with Gasteiger partial charge in [-0.25, -0.2) is 0 Å². The minimum atomic E-state index is 0.437. The summed E-state index contributed by atoms with van der Waals surface area (Å²) in [6.45, 7) is 4.28. The van der Waals surface area contributed by atoms with Gasteiger partial charge in [0.05, 0.1) is 0 Å². The van der Waals surface area contributed by atoms with Gasteiger partial charge >= 0.3 is 0 Å². The van der Waals surface area contributed by atoms with Crippen LogP contribution in [0.5, 0.6) is 5.75 Å². The molecule has 1 nitrogen and oxygen atoms in total. The molecule has 0 bridgehead atoms. The molecule has 0 N–H and O–H groups in total. The Kier molecular flexibility index (Phi) is 5.05. The average Bonchev–Trinajstić information content (AvgIpc) is 2.47. The second kappa shape index (κ2) is 7.01. The van der Waals surface area contributed by atoms with Crippen LogP contribution in [0.4, 0.5) is 0 Å². The summed E-state index contributed by atoms with van der Waals surface area (Å²) in [5, 5.41) is 0. The number of hydrogen-bond donors (Lipinski definition) is 0. The standard InChI is InChI=1S/C17H17ClO/c1-14(12-18)13-19-17-9-7-16(8-10-17)11-15-5-3-2-4-6-15/h2-10H,1,11-13H2. The molecule has 0 heterocycles. The monoisotopic (exact) mass is 272 g/mol. The molecule has 0 amide bonds. The van der Waals surface area contributed by atoms with E-state index in [9.17, 15) is 0 Å². The van der Waals surface area contributed by atoms with Crippen molar-refractivity contribution in [1.29, 1.82) is 0 Å². The highest BCUT2D eigenvalue weighted by Gasteiger charge is 1.98. The fraction of sp³-hybridized carbons (Fsp3) is 0.176. The lowest BCUT2D eigenvalue weighted by molar-refractivity contribution is 0.353. The van der Waals surface area contributed by atoms with Gasteiger partial charge in [-0.1, -0.05) is 49.0 Å². The van der Waals surface area contributed by atoms with Crippen molar-refractivity contribution in [3.05, 3.63) is 77.9 Å². The van der Waals surface area contributed by atoms with Crippen LogP contribution in [0.25, 0.3) is 0 Å². The smallest absolute Gasteiger partial charge is 0.119 e. The summed E-state index contributed by atoms with van der Waals surface area (Å²) in [5.41, 5.74) is 3.47. The molecule has 2 aromatic rings. The molecule has 0 aliphatic carbocycles. The van der Waals surface area contributed by atoms with Crippen LogP contribution in [0, 0.1) is 0 Å². The Hall–Kier alpha value is -1.73.